The fraction of sp³-hybridized carbons (Fsp3) is 0.250. The minimum absolute atomic E-state index is 0.0861. The molecule has 0 amide bonds. The second-order valence-electron chi connectivity index (χ2n) is 6.75. The van der Waals surface area contributed by atoms with Crippen LogP contribution in [0.25, 0.3) is 0 Å². The lowest BCUT2D eigenvalue weighted by atomic mass is 9.93. The lowest BCUT2D eigenvalue weighted by molar-refractivity contribution is 0.412. The molecular weight excluding hydrogens is 412 g/mol. The Kier molecular flexibility index (Phi) is 5.37. The Morgan fingerprint density at radius 1 is 1.14 bits per heavy atom. The highest BCUT2D eigenvalue weighted by Crippen LogP contribution is 2.54. The Hall–Kier alpha value is -2.36. The van der Waals surface area contributed by atoms with E-state index in [0.717, 1.165) is 22.7 Å². The predicted octanol–water partition coefficient (Wildman–Crippen LogP) is 4.49. The number of nitrogens with zero attached hydrogens (tertiary/aromatic N) is 4. The van der Waals surface area contributed by atoms with E-state index in [1.807, 2.05) is 44.2 Å². The number of halogens is 2. The molecule has 1 aliphatic rings. The third-order valence-corrected chi connectivity index (χ3v) is 7.25. The maximum absolute atomic E-state index is 14.6. The molecule has 5 nitrogen and oxygen atoms in total. The Labute approximate surface area is 175 Å². The number of aryl methyl sites for hydroxylation is 1. The summed E-state index contributed by atoms with van der Waals surface area (Å²) in [4.78, 5) is -0.768. The second-order valence-corrected chi connectivity index (χ2v) is 9.12. The maximum Gasteiger partial charge on any atom is 0.230 e. The third kappa shape index (κ3) is 3.43. The number of hydrogen-bond donors (Lipinski definition) is 1. The van der Waals surface area contributed by atoms with Gasteiger partial charge >= 0.3 is 0 Å². The average molecular weight is 432 g/mol. The van der Waals surface area contributed by atoms with Crippen molar-refractivity contribution < 1.29 is 8.78 Å². The quantitative estimate of drug-likeness (QED) is 0.645. The molecule has 2 N–H and O–H groups in total. The van der Waals surface area contributed by atoms with Crippen molar-refractivity contribution in [3.8, 4) is 0 Å². The van der Waals surface area contributed by atoms with E-state index in [-0.39, 0.29) is 11.5 Å². The van der Waals surface area contributed by atoms with Crippen LogP contribution in [0.15, 0.2) is 53.6 Å². The fourth-order valence-corrected chi connectivity index (χ4v) is 5.52. The van der Waals surface area contributed by atoms with Gasteiger partial charge in [-0.15, -0.1) is 10.2 Å². The number of hydrogen-bond acceptors (Lipinski definition) is 7. The molecule has 2 atom stereocenters. The molecule has 0 spiro atoms. The monoisotopic (exact) mass is 431 g/mol. The molecule has 0 bridgehead atoms. The maximum atomic E-state index is 14.6. The molecule has 0 saturated carbocycles. The number of aromatic nitrogens is 2. The number of nitrogens with two attached hydrogens (primary N) is 1. The van der Waals surface area contributed by atoms with E-state index in [0.29, 0.717) is 16.7 Å². The SMILES string of the molecule is Cc1nnc(N2N=C(c3cc(F)ccc3F)SC2(c2ccccc2)C(C)CN)s1. The van der Waals surface area contributed by atoms with Crippen molar-refractivity contribution >= 4 is 33.3 Å². The molecule has 0 radical (unpaired) electrons. The molecular formula is C20H19F2N5S2. The van der Waals surface area contributed by atoms with Gasteiger partial charge in [0.15, 0.2) is 0 Å². The van der Waals surface area contributed by atoms with Crippen LogP contribution < -0.4 is 10.7 Å². The molecule has 29 heavy (non-hydrogen) atoms. The summed E-state index contributed by atoms with van der Waals surface area (Å²) < 4.78 is 28.4. The Morgan fingerprint density at radius 2 is 1.90 bits per heavy atom. The predicted molar refractivity (Wildman–Crippen MR) is 114 cm³/mol. The Morgan fingerprint density at radius 3 is 2.55 bits per heavy atom. The lowest BCUT2D eigenvalue weighted by Gasteiger charge is -2.39. The highest BCUT2D eigenvalue weighted by Gasteiger charge is 2.51. The number of benzene rings is 2. The molecule has 2 aromatic carbocycles. The molecule has 2 heterocycles. The summed E-state index contributed by atoms with van der Waals surface area (Å²) in [5, 5.41) is 16.6. The molecule has 0 saturated heterocycles. The van der Waals surface area contributed by atoms with Crippen molar-refractivity contribution in [1.29, 1.82) is 0 Å². The molecule has 0 aliphatic carbocycles. The highest BCUT2D eigenvalue weighted by molar-refractivity contribution is 8.15. The van der Waals surface area contributed by atoms with Crippen LogP contribution in [0.2, 0.25) is 0 Å². The lowest BCUT2D eigenvalue weighted by Crippen LogP contribution is -2.45. The molecule has 4 rings (SSSR count). The van der Waals surface area contributed by atoms with Crippen LogP contribution in [0, 0.1) is 24.5 Å². The van der Waals surface area contributed by atoms with Gasteiger partial charge in [0, 0.05) is 11.5 Å². The van der Waals surface area contributed by atoms with Gasteiger partial charge in [0.1, 0.15) is 26.6 Å². The first-order valence-electron chi connectivity index (χ1n) is 9.04. The number of hydrazone groups is 1. The van der Waals surface area contributed by atoms with Gasteiger partial charge in [0.25, 0.3) is 0 Å². The van der Waals surface area contributed by atoms with E-state index < -0.39 is 16.5 Å². The summed E-state index contributed by atoms with van der Waals surface area (Å²) in [7, 11) is 0. The summed E-state index contributed by atoms with van der Waals surface area (Å²) in [6.45, 7) is 4.24. The highest BCUT2D eigenvalue weighted by atomic mass is 32.2. The molecule has 3 aromatic rings. The van der Waals surface area contributed by atoms with Crippen molar-refractivity contribution in [3.63, 3.8) is 0 Å². The van der Waals surface area contributed by atoms with Gasteiger partial charge < -0.3 is 5.73 Å². The normalized spacial score (nSPS) is 20.0. The Bertz CT molecular complexity index is 1060. The first-order chi connectivity index (χ1) is 14.0. The number of thioether (sulfide) groups is 1. The zero-order valence-electron chi connectivity index (χ0n) is 15.8. The van der Waals surface area contributed by atoms with Crippen molar-refractivity contribution in [2.75, 3.05) is 11.6 Å². The van der Waals surface area contributed by atoms with Crippen molar-refractivity contribution in [1.82, 2.24) is 10.2 Å². The van der Waals surface area contributed by atoms with E-state index >= 15 is 0 Å². The van der Waals surface area contributed by atoms with E-state index in [1.54, 1.807) is 5.01 Å². The summed E-state index contributed by atoms with van der Waals surface area (Å²) in [6.07, 6.45) is 0. The molecule has 9 heteroatoms. The fourth-order valence-electron chi connectivity index (χ4n) is 3.31. The summed E-state index contributed by atoms with van der Waals surface area (Å²) in [5.74, 6) is -1.14. The standard InChI is InChI=1S/C20H19F2N5S2/c1-12(11-23)20(14-6-4-3-5-7-14)27(19-25-24-13(2)28-19)26-18(29-20)16-10-15(21)8-9-17(16)22/h3-10,12H,11,23H2,1-2H3. The molecule has 150 valence electrons. The summed E-state index contributed by atoms with van der Waals surface area (Å²) in [6, 6.07) is 13.1. The number of rotatable bonds is 5. The second kappa shape index (κ2) is 7.81. The topological polar surface area (TPSA) is 67.4 Å². The van der Waals surface area contributed by atoms with Gasteiger partial charge in [0.05, 0.1) is 0 Å². The van der Waals surface area contributed by atoms with Gasteiger partial charge in [-0.3, -0.25) is 0 Å². The first kappa shape index (κ1) is 19.9. The van der Waals surface area contributed by atoms with Crippen LogP contribution in [0.3, 0.4) is 0 Å². The van der Waals surface area contributed by atoms with Gasteiger partial charge in [-0.05, 0) is 37.2 Å². The van der Waals surface area contributed by atoms with Crippen molar-refractivity contribution in [3.05, 3.63) is 76.3 Å². The zero-order valence-corrected chi connectivity index (χ0v) is 17.5. The third-order valence-electron chi connectivity index (χ3n) is 4.82. The average Bonchev–Trinajstić information content (AvgIpc) is 3.34. The van der Waals surface area contributed by atoms with Crippen LogP contribution in [-0.4, -0.2) is 21.8 Å². The van der Waals surface area contributed by atoms with Gasteiger partial charge in [0.2, 0.25) is 5.13 Å². The summed E-state index contributed by atoms with van der Waals surface area (Å²) >= 11 is 2.75. The van der Waals surface area contributed by atoms with Crippen molar-refractivity contribution in [2.24, 2.45) is 16.8 Å². The molecule has 1 aromatic heterocycles. The smallest absolute Gasteiger partial charge is 0.230 e. The largest absolute Gasteiger partial charge is 0.330 e. The first-order valence-corrected chi connectivity index (χ1v) is 10.7. The molecule has 2 unspecified atom stereocenters. The van der Waals surface area contributed by atoms with Crippen LogP contribution >= 0.6 is 23.1 Å². The van der Waals surface area contributed by atoms with E-state index in [9.17, 15) is 8.78 Å². The molecule has 0 fully saturated rings. The van der Waals surface area contributed by atoms with Crippen LogP contribution in [0.4, 0.5) is 13.9 Å². The van der Waals surface area contributed by atoms with Crippen LogP contribution in [-0.2, 0) is 4.87 Å². The van der Waals surface area contributed by atoms with Gasteiger partial charge in [-0.1, -0.05) is 60.4 Å². The number of anilines is 1. The molecule has 1 aliphatic heterocycles. The van der Waals surface area contributed by atoms with Crippen LogP contribution in [0.5, 0.6) is 0 Å². The zero-order chi connectivity index (χ0) is 20.6. The van der Waals surface area contributed by atoms with E-state index in [1.165, 1.54) is 29.2 Å². The van der Waals surface area contributed by atoms with Gasteiger partial charge in [-0.2, -0.15) is 5.10 Å². The van der Waals surface area contributed by atoms with E-state index in [2.05, 4.69) is 10.2 Å². The summed E-state index contributed by atoms with van der Waals surface area (Å²) in [5.41, 5.74) is 7.16. The Balaban J connectivity index is 1.93. The van der Waals surface area contributed by atoms with Crippen molar-refractivity contribution in [2.45, 2.75) is 18.7 Å². The van der Waals surface area contributed by atoms with E-state index in [4.69, 9.17) is 10.8 Å². The van der Waals surface area contributed by atoms with Crippen LogP contribution in [0.1, 0.15) is 23.1 Å². The minimum atomic E-state index is -0.768. The minimum Gasteiger partial charge on any atom is -0.330 e. The van der Waals surface area contributed by atoms with Gasteiger partial charge in [-0.25, -0.2) is 13.8 Å².